The average molecular weight is 280 g/mol. The van der Waals surface area contributed by atoms with Crippen molar-refractivity contribution in [3.63, 3.8) is 0 Å². The van der Waals surface area contributed by atoms with Crippen molar-refractivity contribution in [3.05, 3.63) is 28.8 Å². The number of nitrogens with one attached hydrogen (secondary N) is 1. The molecule has 1 rings (SSSR count). The Morgan fingerprint density at radius 1 is 1.33 bits per heavy atom. The zero-order chi connectivity index (χ0) is 13.7. The van der Waals surface area contributed by atoms with Gasteiger partial charge in [-0.3, -0.25) is 9.27 Å². The van der Waals surface area contributed by atoms with Crippen LogP contribution in [0.3, 0.4) is 0 Å². The van der Waals surface area contributed by atoms with E-state index in [2.05, 4.69) is 4.72 Å². The monoisotopic (exact) mass is 280 g/mol. The summed E-state index contributed by atoms with van der Waals surface area (Å²) in [7, 11) is 0. The first-order valence-electron chi connectivity index (χ1n) is 5.06. The molecule has 8 heteroatoms. The molecule has 0 amide bonds. The maximum atomic E-state index is 12.8. The molecule has 0 spiro atoms. The van der Waals surface area contributed by atoms with Crippen LogP contribution in [0.5, 0.6) is 0 Å². The Hall–Kier alpha value is -1.09. The van der Waals surface area contributed by atoms with Crippen molar-refractivity contribution in [2.75, 3.05) is 11.3 Å². The van der Waals surface area contributed by atoms with Crippen molar-refractivity contribution < 1.29 is 22.6 Å². The molecule has 0 fully saturated rings. The Labute approximate surface area is 105 Å². The molecule has 5 N–H and O–H groups in total. The maximum absolute atomic E-state index is 12.8. The summed E-state index contributed by atoms with van der Waals surface area (Å²) in [6.45, 7) is -1.95. The lowest BCUT2D eigenvalue weighted by molar-refractivity contribution is 0.184. The number of aliphatic hydroxyl groups excluding tert-OH is 1. The van der Waals surface area contributed by atoms with Crippen LogP contribution in [0.15, 0.2) is 12.1 Å². The van der Waals surface area contributed by atoms with Gasteiger partial charge in [-0.25, -0.2) is 13.0 Å². The first-order chi connectivity index (χ1) is 8.53. The summed E-state index contributed by atoms with van der Waals surface area (Å²) >= 11 is -2.38. The van der Waals surface area contributed by atoms with Gasteiger partial charge in [-0.1, -0.05) is 0 Å². The summed E-state index contributed by atoms with van der Waals surface area (Å²) in [6.07, 6.45) is -1.11. The molecule has 1 aromatic carbocycles. The molecule has 0 aromatic heterocycles. The number of hydrogen-bond acceptors (Lipinski definition) is 3. The first kappa shape index (κ1) is 15.0. The third kappa shape index (κ3) is 3.45. The molecule has 102 valence electrons. The van der Waals surface area contributed by atoms with Gasteiger partial charge >= 0.3 is 0 Å². The van der Waals surface area contributed by atoms with Crippen molar-refractivity contribution in [2.45, 2.75) is 19.5 Å². The number of alkyl halides is 2. The van der Waals surface area contributed by atoms with Crippen LogP contribution >= 0.6 is 0 Å². The highest BCUT2D eigenvalue weighted by Crippen LogP contribution is 2.27. The summed E-state index contributed by atoms with van der Waals surface area (Å²) < 4.78 is 47.0. The molecule has 0 heterocycles. The lowest BCUT2D eigenvalue weighted by Gasteiger charge is -2.16. The van der Waals surface area contributed by atoms with E-state index in [0.29, 0.717) is 0 Å². The number of halogens is 2. The van der Waals surface area contributed by atoms with Gasteiger partial charge in [0.15, 0.2) is 0 Å². The number of benzene rings is 1. The highest BCUT2D eigenvalue weighted by Gasteiger charge is 2.16. The molecule has 0 saturated heterocycles. The number of anilines is 1. The third-order valence-corrected chi connectivity index (χ3v) is 2.83. The van der Waals surface area contributed by atoms with Crippen molar-refractivity contribution in [2.24, 2.45) is 5.73 Å². The predicted octanol–water partition coefficient (Wildman–Crippen LogP) is 1.17. The van der Waals surface area contributed by atoms with Crippen LogP contribution in [0.1, 0.15) is 22.8 Å². The minimum absolute atomic E-state index is 0.0260. The van der Waals surface area contributed by atoms with Gasteiger partial charge in [-0.05, 0) is 23.3 Å². The SMILES string of the molecule is NCC(O)c1cc(NS(=O)O)c(CF)cc1CF. The number of aliphatic hydroxyl groups is 1. The van der Waals surface area contributed by atoms with E-state index in [1.165, 1.54) is 12.1 Å². The molecular formula is C10H14F2N2O3S. The Morgan fingerprint density at radius 2 is 1.94 bits per heavy atom. The van der Waals surface area contributed by atoms with Gasteiger partial charge in [0, 0.05) is 12.1 Å². The Balaban J connectivity index is 3.28. The molecule has 0 bridgehead atoms. The number of hydrogen-bond donors (Lipinski definition) is 4. The van der Waals surface area contributed by atoms with Crippen LogP contribution < -0.4 is 10.5 Å². The number of nitrogens with two attached hydrogens (primary N) is 1. The first-order valence-corrected chi connectivity index (χ1v) is 6.17. The van der Waals surface area contributed by atoms with E-state index in [4.69, 9.17) is 10.3 Å². The van der Waals surface area contributed by atoms with Gasteiger partial charge in [0.1, 0.15) is 13.3 Å². The largest absolute Gasteiger partial charge is 0.387 e. The van der Waals surface area contributed by atoms with Crippen LogP contribution in [-0.4, -0.2) is 20.4 Å². The second-order valence-corrected chi connectivity index (χ2v) is 4.28. The summed E-state index contributed by atoms with van der Waals surface area (Å²) in [6, 6.07) is 2.43. The second kappa shape index (κ2) is 6.74. The van der Waals surface area contributed by atoms with Crippen LogP contribution in [0.2, 0.25) is 0 Å². The van der Waals surface area contributed by atoms with E-state index in [1.807, 2.05) is 0 Å². The maximum Gasteiger partial charge on any atom is 0.259 e. The minimum Gasteiger partial charge on any atom is -0.387 e. The van der Waals surface area contributed by atoms with Crippen LogP contribution in [0, 0.1) is 0 Å². The normalized spacial score (nSPS) is 14.3. The molecule has 0 aliphatic carbocycles. The van der Waals surface area contributed by atoms with Crippen molar-refractivity contribution in [3.8, 4) is 0 Å². The molecule has 0 radical (unpaired) electrons. The minimum atomic E-state index is -2.38. The van der Waals surface area contributed by atoms with Crippen molar-refractivity contribution in [1.29, 1.82) is 0 Å². The van der Waals surface area contributed by atoms with Crippen LogP contribution in [-0.2, 0) is 24.6 Å². The molecule has 1 aromatic rings. The lowest BCUT2D eigenvalue weighted by Crippen LogP contribution is -2.15. The summed E-state index contributed by atoms with van der Waals surface area (Å²) in [5.41, 5.74) is 5.62. The van der Waals surface area contributed by atoms with Crippen molar-refractivity contribution >= 4 is 17.0 Å². The lowest BCUT2D eigenvalue weighted by atomic mass is 9.99. The predicted molar refractivity (Wildman–Crippen MR) is 64.5 cm³/mol. The Kier molecular flexibility index (Phi) is 5.60. The second-order valence-electron chi connectivity index (χ2n) is 3.58. The van der Waals surface area contributed by atoms with Gasteiger partial charge in [-0.2, -0.15) is 0 Å². The molecule has 18 heavy (non-hydrogen) atoms. The fourth-order valence-corrected chi connectivity index (χ4v) is 1.94. The Morgan fingerprint density at radius 3 is 2.39 bits per heavy atom. The van der Waals surface area contributed by atoms with Crippen LogP contribution in [0.25, 0.3) is 0 Å². The van der Waals surface area contributed by atoms with Gasteiger partial charge in [-0.15, -0.1) is 0 Å². The third-order valence-electron chi connectivity index (χ3n) is 2.43. The van der Waals surface area contributed by atoms with E-state index in [9.17, 15) is 18.1 Å². The molecule has 5 nitrogen and oxygen atoms in total. The van der Waals surface area contributed by atoms with Gasteiger partial charge in [0.05, 0.1) is 11.8 Å². The molecule has 2 atom stereocenters. The Bertz CT molecular complexity index is 445. The molecule has 2 unspecified atom stereocenters. The number of rotatable bonds is 6. The molecule has 0 saturated carbocycles. The molecule has 0 aliphatic rings. The summed E-state index contributed by atoms with van der Waals surface area (Å²) in [4.78, 5) is 0. The van der Waals surface area contributed by atoms with Gasteiger partial charge in [0.25, 0.3) is 11.3 Å². The summed E-state index contributed by atoms with van der Waals surface area (Å²) in [5, 5.41) is 9.61. The van der Waals surface area contributed by atoms with E-state index < -0.39 is 30.7 Å². The molecule has 0 aliphatic heterocycles. The zero-order valence-electron chi connectivity index (χ0n) is 9.40. The smallest absolute Gasteiger partial charge is 0.259 e. The highest BCUT2D eigenvalue weighted by molar-refractivity contribution is 7.80. The van der Waals surface area contributed by atoms with E-state index in [0.717, 1.165) is 0 Å². The fourth-order valence-electron chi connectivity index (χ4n) is 1.56. The van der Waals surface area contributed by atoms with E-state index >= 15 is 0 Å². The average Bonchev–Trinajstić information content (AvgIpc) is 2.36. The summed E-state index contributed by atoms with van der Waals surface area (Å²) in [5.74, 6) is 0. The van der Waals surface area contributed by atoms with Gasteiger partial charge in [0.2, 0.25) is 0 Å². The van der Waals surface area contributed by atoms with Crippen LogP contribution in [0.4, 0.5) is 14.5 Å². The van der Waals surface area contributed by atoms with Crippen molar-refractivity contribution in [1.82, 2.24) is 0 Å². The van der Waals surface area contributed by atoms with E-state index in [-0.39, 0.29) is 28.9 Å². The van der Waals surface area contributed by atoms with E-state index in [1.54, 1.807) is 0 Å². The zero-order valence-corrected chi connectivity index (χ0v) is 10.2. The highest BCUT2D eigenvalue weighted by atomic mass is 32.2. The fraction of sp³-hybridized carbons (Fsp3) is 0.400. The molecular weight excluding hydrogens is 266 g/mol. The topological polar surface area (TPSA) is 95.6 Å². The standard InChI is InChI=1S/C10H14F2N2O3S/c11-3-6-1-7(4-12)9(14-18(16)17)2-8(6)10(15)5-13/h1-2,10,14-15H,3-5,13H2,(H,16,17). The quantitative estimate of drug-likeness (QED) is 0.588. The van der Waals surface area contributed by atoms with Gasteiger partial charge < -0.3 is 10.8 Å².